The van der Waals surface area contributed by atoms with Crippen molar-refractivity contribution in [1.29, 1.82) is 0 Å². The third-order valence-corrected chi connectivity index (χ3v) is 10.9. The molecule has 1 unspecified atom stereocenters. The second-order valence-corrected chi connectivity index (χ2v) is 14.9. The highest BCUT2D eigenvalue weighted by Gasteiger charge is 2.39. The SMILES string of the molecule is CCCCCCCCC(C)C(OCC)(OCC)OCC.CCO[Si](C)(OCC)OCC.CCO[Si](C)(OCC)OCC. The summed E-state index contributed by atoms with van der Waals surface area (Å²) in [4.78, 5) is 0. The van der Waals surface area contributed by atoms with E-state index in [1.807, 2.05) is 75.4 Å². The van der Waals surface area contributed by atoms with Gasteiger partial charge in [-0.2, -0.15) is 0 Å². The monoisotopic (exact) mass is 644 g/mol. The zero-order valence-corrected chi connectivity index (χ0v) is 32.1. The van der Waals surface area contributed by atoms with Gasteiger partial charge in [-0.15, -0.1) is 0 Å². The van der Waals surface area contributed by atoms with Gasteiger partial charge in [-0.3, -0.25) is 0 Å². The van der Waals surface area contributed by atoms with Crippen LogP contribution in [0.1, 0.15) is 121 Å². The molecule has 0 saturated heterocycles. The van der Waals surface area contributed by atoms with Crippen LogP contribution in [0, 0.1) is 5.92 Å². The van der Waals surface area contributed by atoms with Crippen molar-refractivity contribution < 1.29 is 40.8 Å². The minimum atomic E-state index is -2.25. The standard InChI is InChI=1S/C17H36O3.2C7H18O3Si/c1-6-10-11-12-13-14-15-16(5)17(18-7-2,19-8-3)20-9-4;2*1-5-8-11(4,9-6-2)10-7-3/h16H,6-15H2,1-5H3;2*5-7H2,1-4H3. The van der Waals surface area contributed by atoms with Gasteiger partial charge in [0.1, 0.15) is 0 Å². The summed E-state index contributed by atoms with van der Waals surface area (Å²) >= 11 is 0. The molecule has 0 fully saturated rings. The highest BCUT2D eigenvalue weighted by molar-refractivity contribution is 6.59. The summed E-state index contributed by atoms with van der Waals surface area (Å²) in [6.07, 6.45) is 8.97. The van der Waals surface area contributed by atoms with Crippen LogP contribution in [0.15, 0.2) is 0 Å². The van der Waals surface area contributed by atoms with Crippen LogP contribution < -0.4 is 0 Å². The lowest BCUT2D eigenvalue weighted by molar-refractivity contribution is -0.400. The fraction of sp³-hybridized carbons (Fsp3) is 1.00. The molecule has 0 radical (unpaired) electrons. The van der Waals surface area contributed by atoms with Crippen LogP contribution in [-0.4, -0.2) is 83.0 Å². The second kappa shape index (κ2) is 31.1. The Morgan fingerprint density at radius 1 is 0.429 bits per heavy atom. The number of rotatable bonds is 26. The van der Waals surface area contributed by atoms with Crippen LogP contribution in [0.3, 0.4) is 0 Å². The van der Waals surface area contributed by atoms with Crippen LogP contribution in [0.5, 0.6) is 0 Å². The van der Waals surface area contributed by atoms with Crippen molar-refractivity contribution >= 4 is 17.6 Å². The number of hydrogen-bond acceptors (Lipinski definition) is 9. The van der Waals surface area contributed by atoms with E-state index in [0.717, 1.165) is 6.42 Å². The minimum Gasteiger partial charge on any atom is -0.374 e. The molecular weight excluding hydrogens is 573 g/mol. The van der Waals surface area contributed by atoms with E-state index in [9.17, 15) is 0 Å². The summed E-state index contributed by atoms with van der Waals surface area (Å²) in [6.45, 7) is 31.7. The van der Waals surface area contributed by atoms with Gasteiger partial charge >= 0.3 is 17.6 Å². The van der Waals surface area contributed by atoms with E-state index in [0.29, 0.717) is 59.5 Å². The van der Waals surface area contributed by atoms with Gasteiger partial charge in [-0.25, -0.2) is 0 Å². The molecule has 0 aromatic carbocycles. The topological polar surface area (TPSA) is 83.1 Å². The molecule has 0 aromatic rings. The van der Waals surface area contributed by atoms with Crippen molar-refractivity contribution in [1.82, 2.24) is 0 Å². The van der Waals surface area contributed by atoms with Gasteiger partial charge in [0, 0.05) is 78.5 Å². The average Bonchev–Trinajstić information content (AvgIpc) is 2.92. The molecule has 0 saturated carbocycles. The molecule has 0 N–H and O–H groups in total. The molecular formula is C31H72O9Si2. The predicted octanol–water partition coefficient (Wildman–Crippen LogP) is 8.47. The summed E-state index contributed by atoms with van der Waals surface area (Å²) in [7, 11) is -4.50. The van der Waals surface area contributed by atoms with Crippen molar-refractivity contribution in [3.8, 4) is 0 Å². The van der Waals surface area contributed by atoms with Crippen LogP contribution in [0.25, 0.3) is 0 Å². The minimum absolute atomic E-state index is 0.258. The third-order valence-electron chi connectivity index (χ3n) is 6.07. The molecule has 0 aliphatic rings. The Hall–Kier alpha value is 0.0738. The molecule has 9 nitrogen and oxygen atoms in total. The Labute approximate surface area is 263 Å². The molecule has 0 heterocycles. The molecule has 0 aromatic heterocycles. The number of ether oxygens (including phenoxy) is 3. The quantitative estimate of drug-likeness (QED) is 0.0523. The van der Waals surface area contributed by atoms with Gasteiger partial charge in [-0.1, -0.05) is 52.4 Å². The Morgan fingerprint density at radius 3 is 0.976 bits per heavy atom. The lowest BCUT2D eigenvalue weighted by Gasteiger charge is -2.37. The van der Waals surface area contributed by atoms with E-state index >= 15 is 0 Å². The van der Waals surface area contributed by atoms with E-state index in [1.54, 1.807) is 0 Å². The van der Waals surface area contributed by atoms with Crippen molar-refractivity contribution in [2.75, 3.05) is 59.5 Å². The molecule has 258 valence electrons. The Morgan fingerprint density at radius 2 is 0.714 bits per heavy atom. The predicted molar refractivity (Wildman–Crippen MR) is 178 cm³/mol. The fourth-order valence-electron chi connectivity index (χ4n) is 4.39. The summed E-state index contributed by atoms with van der Waals surface area (Å²) in [5.74, 6) is -0.588. The Bertz CT molecular complexity index is 469. The maximum absolute atomic E-state index is 5.82. The molecule has 11 heteroatoms. The fourth-order valence-corrected chi connectivity index (χ4v) is 8.03. The highest BCUT2D eigenvalue weighted by atomic mass is 28.4. The van der Waals surface area contributed by atoms with E-state index in [4.69, 9.17) is 40.8 Å². The molecule has 0 rings (SSSR count). The first-order valence-corrected chi connectivity index (χ1v) is 21.2. The number of unbranched alkanes of at least 4 members (excludes halogenated alkanes) is 5. The van der Waals surface area contributed by atoms with Gasteiger partial charge in [0.25, 0.3) is 5.97 Å². The van der Waals surface area contributed by atoms with Crippen molar-refractivity contribution in [3.63, 3.8) is 0 Å². The van der Waals surface area contributed by atoms with E-state index in [1.165, 1.54) is 38.5 Å². The zero-order valence-electron chi connectivity index (χ0n) is 30.1. The molecule has 1 atom stereocenters. The first-order chi connectivity index (χ1) is 20.0. The lowest BCUT2D eigenvalue weighted by atomic mass is 9.99. The van der Waals surface area contributed by atoms with E-state index < -0.39 is 23.6 Å². The average molecular weight is 645 g/mol. The second-order valence-electron chi connectivity index (χ2n) is 9.68. The molecule has 0 aliphatic heterocycles. The molecule has 42 heavy (non-hydrogen) atoms. The molecule has 0 amide bonds. The van der Waals surface area contributed by atoms with Gasteiger partial charge < -0.3 is 40.8 Å². The molecule has 0 aliphatic carbocycles. The summed E-state index contributed by atoms with van der Waals surface area (Å²) in [5, 5.41) is 0. The van der Waals surface area contributed by atoms with Crippen LogP contribution in [0.2, 0.25) is 13.1 Å². The summed E-state index contributed by atoms with van der Waals surface area (Å²) < 4.78 is 49.9. The van der Waals surface area contributed by atoms with Gasteiger partial charge in [0.15, 0.2) is 0 Å². The smallest absolute Gasteiger partial charge is 0.374 e. The van der Waals surface area contributed by atoms with Gasteiger partial charge in [0.05, 0.1) is 0 Å². The Balaban J connectivity index is -0.000000588. The Kier molecular flexibility index (Phi) is 34.4. The third kappa shape index (κ3) is 24.4. The maximum atomic E-state index is 5.82. The first kappa shape index (κ1) is 46.5. The molecule has 0 spiro atoms. The van der Waals surface area contributed by atoms with Crippen molar-refractivity contribution in [2.45, 2.75) is 140 Å². The zero-order chi connectivity index (χ0) is 32.8. The van der Waals surface area contributed by atoms with Crippen LogP contribution >= 0.6 is 0 Å². The maximum Gasteiger partial charge on any atom is 0.497 e. The largest absolute Gasteiger partial charge is 0.497 e. The lowest BCUT2D eigenvalue weighted by Crippen LogP contribution is -2.45. The van der Waals surface area contributed by atoms with Crippen molar-refractivity contribution in [3.05, 3.63) is 0 Å². The van der Waals surface area contributed by atoms with Crippen molar-refractivity contribution in [2.24, 2.45) is 5.92 Å². The summed E-state index contributed by atoms with van der Waals surface area (Å²) in [6, 6.07) is 0. The molecule has 0 bridgehead atoms. The van der Waals surface area contributed by atoms with Gasteiger partial charge in [0.2, 0.25) is 0 Å². The normalized spacial score (nSPS) is 12.8. The summed E-state index contributed by atoms with van der Waals surface area (Å²) in [5.41, 5.74) is 0. The van der Waals surface area contributed by atoms with E-state index in [-0.39, 0.29) is 5.92 Å². The number of hydrogen-bond donors (Lipinski definition) is 0. The van der Waals surface area contributed by atoms with Gasteiger partial charge in [-0.05, 0) is 68.7 Å². The first-order valence-electron chi connectivity index (χ1n) is 16.8. The van der Waals surface area contributed by atoms with E-state index in [2.05, 4.69) is 13.8 Å². The van der Waals surface area contributed by atoms with Crippen LogP contribution in [-0.2, 0) is 40.8 Å². The van der Waals surface area contributed by atoms with Crippen LogP contribution in [0.4, 0.5) is 0 Å². The highest BCUT2D eigenvalue weighted by Crippen LogP contribution is 2.30.